The highest BCUT2D eigenvalue weighted by Crippen LogP contribution is 2.01. The van der Waals surface area contributed by atoms with Crippen LogP contribution in [0.2, 0.25) is 0 Å². The summed E-state index contributed by atoms with van der Waals surface area (Å²) in [5.74, 6) is 0.128. The van der Waals surface area contributed by atoms with E-state index in [1.54, 1.807) is 0 Å². The van der Waals surface area contributed by atoms with Crippen LogP contribution in [0.4, 0.5) is 0 Å². The summed E-state index contributed by atoms with van der Waals surface area (Å²) in [5, 5.41) is 5.71. The second kappa shape index (κ2) is 10.1. The molecule has 0 saturated carbocycles. The highest BCUT2D eigenvalue weighted by atomic mass is 16.2. The second-order valence-electron chi connectivity index (χ2n) is 4.43. The molecule has 0 aliphatic rings. The van der Waals surface area contributed by atoms with E-state index in [9.17, 15) is 9.59 Å². The lowest BCUT2D eigenvalue weighted by molar-refractivity contribution is -0.125. The van der Waals surface area contributed by atoms with E-state index in [1.165, 1.54) is 0 Å². The minimum absolute atomic E-state index is 0.0335. The molecule has 0 radical (unpaired) electrons. The molecule has 0 spiro atoms. The van der Waals surface area contributed by atoms with Gasteiger partial charge in [0.1, 0.15) is 0 Å². The first-order valence-electron chi connectivity index (χ1n) is 6.66. The van der Waals surface area contributed by atoms with E-state index < -0.39 is 0 Å². The van der Waals surface area contributed by atoms with Crippen molar-refractivity contribution < 1.29 is 9.59 Å². The molecule has 100 valence electrons. The Morgan fingerprint density at radius 3 is 2.35 bits per heavy atom. The van der Waals surface area contributed by atoms with Crippen LogP contribution in [0.15, 0.2) is 0 Å². The molecule has 2 N–H and O–H groups in total. The van der Waals surface area contributed by atoms with Crippen LogP contribution in [0, 0.1) is 5.92 Å². The normalized spacial score (nSPS) is 11.9. The third kappa shape index (κ3) is 8.72. The van der Waals surface area contributed by atoms with Gasteiger partial charge in [-0.2, -0.15) is 0 Å². The molecule has 0 saturated heterocycles. The summed E-state index contributed by atoms with van der Waals surface area (Å²) in [6.07, 6.45) is 4.23. The quantitative estimate of drug-likeness (QED) is 0.606. The lowest BCUT2D eigenvalue weighted by Gasteiger charge is -2.12. The summed E-state index contributed by atoms with van der Waals surface area (Å²) in [6, 6.07) is 0. The molecule has 0 rings (SSSR count). The molecule has 0 aromatic rings. The molecule has 0 heterocycles. The van der Waals surface area contributed by atoms with E-state index in [-0.39, 0.29) is 17.7 Å². The van der Waals surface area contributed by atoms with Gasteiger partial charge in [-0.25, -0.2) is 0 Å². The van der Waals surface area contributed by atoms with Crippen molar-refractivity contribution in [2.75, 3.05) is 13.1 Å². The molecule has 0 aromatic heterocycles. The summed E-state index contributed by atoms with van der Waals surface area (Å²) < 4.78 is 0. The SMILES string of the molecule is CCCCNC(=O)C(C)CCNC(=O)CCC. The van der Waals surface area contributed by atoms with Crippen molar-refractivity contribution in [2.24, 2.45) is 5.92 Å². The number of unbranched alkanes of at least 4 members (excludes halogenated alkanes) is 1. The van der Waals surface area contributed by atoms with Crippen molar-refractivity contribution in [2.45, 2.75) is 52.9 Å². The van der Waals surface area contributed by atoms with Crippen molar-refractivity contribution >= 4 is 11.8 Å². The van der Waals surface area contributed by atoms with Gasteiger partial charge in [0.25, 0.3) is 0 Å². The van der Waals surface area contributed by atoms with Gasteiger partial charge in [-0.15, -0.1) is 0 Å². The third-order valence-electron chi connectivity index (χ3n) is 2.65. The molecular formula is C13H26N2O2. The fourth-order valence-electron chi connectivity index (χ4n) is 1.44. The predicted octanol–water partition coefficient (Wildman–Crippen LogP) is 1.85. The maximum atomic E-state index is 11.6. The first-order chi connectivity index (χ1) is 8.11. The Hall–Kier alpha value is -1.06. The van der Waals surface area contributed by atoms with Gasteiger partial charge in [0.2, 0.25) is 11.8 Å². The van der Waals surface area contributed by atoms with Crippen molar-refractivity contribution in [1.82, 2.24) is 10.6 Å². The van der Waals surface area contributed by atoms with Gasteiger partial charge in [-0.1, -0.05) is 27.2 Å². The van der Waals surface area contributed by atoms with Gasteiger partial charge < -0.3 is 10.6 Å². The number of amides is 2. The van der Waals surface area contributed by atoms with Crippen LogP contribution in [0.25, 0.3) is 0 Å². The summed E-state index contributed by atoms with van der Waals surface area (Å²) in [7, 11) is 0. The number of hydrogen-bond acceptors (Lipinski definition) is 2. The van der Waals surface area contributed by atoms with Crippen LogP contribution in [0.5, 0.6) is 0 Å². The van der Waals surface area contributed by atoms with Gasteiger partial charge in [-0.05, 0) is 19.3 Å². The molecule has 4 nitrogen and oxygen atoms in total. The Bertz CT molecular complexity index is 229. The van der Waals surface area contributed by atoms with Gasteiger partial charge in [0, 0.05) is 25.4 Å². The zero-order chi connectivity index (χ0) is 13.1. The fraction of sp³-hybridized carbons (Fsp3) is 0.846. The number of carbonyl (C=O) groups excluding carboxylic acids is 2. The minimum atomic E-state index is -0.0335. The van der Waals surface area contributed by atoms with Crippen LogP contribution in [-0.2, 0) is 9.59 Å². The standard InChI is InChI=1S/C13H26N2O2/c1-4-6-9-15-13(17)11(3)8-10-14-12(16)7-5-2/h11H,4-10H2,1-3H3,(H,14,16)(H,15,17). The lowest BCUT2D eigenvalue weighted by atomic mass is 10.1. The zero-order valence-electron chi connectivity index (χ0n) is 11.3. The second-order valence-corrected chi connectivity index (χ2v) is 4.43. The molecule has 0 aliphatic carbocycles. The van der Waals surface area contributed by atoms with Crippen molar-refractivity contribution in [3.05, 3.63) is 0 Å². The average Bonchev–Trinajstić information content (AvgIpc) is 2.29. The molecule has 0 aromatic carbocycles. The lowest BCUT2D eigenvalue weighted by Crippen LogP contribution is -2.33. The Labute approximate surface area is 105 Å². The fourth-order valence-corrected chi connectivity index (χ4v) is 1.44. The van der Waals surface area contributed by atoms with Crippen LogP contribution in [0.3, 0.4) is 0 Å². The maximum Gasteiger partial charge on any atom is 0.222 e. The summed E-state index contributed by atoms with van der Waals surface area (Å²) in [6.45, 7) is 7.30. The van der Waals surface area contributed by atoms with Gasteiger partial charge >= 0.3 is 0 Å². The summed E-state index contributed by atoms with van der Waals surface area (Å²) in [5.41, 5.74) is 0. The van der Waals surface area contributed by atoms with E-state index in [1.807, 2.05) is 13.8 Å². The number of hydrogen-bond donors (Lipinski definition) is 2. The Balaban J connectivity index is 3.59. The number of nitrogens with one attached hydrogen (secondary N) is 2. The van der Waals surface area contributed by atoms with E-state index in [0.29, 0.717) is 19.4 Å². The molecule has 0 bridgehead atoms. The molecule has 1 atom stereocenters. The van der Waals surface area contributed by atoms with E-state index in [0.717, 1.165) is 25.8 Å². The predicted molar refractivity (Wildman–Crippen MR) is 69.6 cm³/mol. The first-order valence-corrected chi connectivity index (χ1v) is 6.66. The Morgan fingerprint density at radius 1 is 1.06 bits per heavy atom. The molecule has 1 unspecified atom stereocenters. The molecule has 2 amide bonds. The topological polar surface area (TPSA) is 58.2 Å². The summed E-state index contributed by atoms with van der Waals surface area (Å²) in [4.78, 5) is 22.8. The zero-order valence-corrected chi connectivity index (χ0v) is 11.3. The number of rotatable bonds is 9. The van der Waals surface area contributed by atoms with Gasteiger partial charge in [-0.3, -0.25) is 9.59 Å². The van der Waals surface area contributed by atoms with Gasteiger partial charge in [0.05, 0.1) is 0 Å². The number of carbonyl (C=O) groups is 2. The average molecular weight is 242 g/mol. The van der Waals surface area contributed by atoms with Crippen LogP contribution in [0.1, 0.15) is 52.9 Å². The smallest absolute Gasteiger partial charge is 0.222 e. The molecule has 0 fully saturated rings. The van der Waals surface area contributed by atoms with Crippen molar-refractivity contribution in [3.63, 3.8) is 0 Å². The van der Waals surface area contributed by atoms with E-state index in [4.69, 9.17) is 0 Å². The van der Waals surface area contributed by atoms with E-state index >= 15 is 0 Å². The Kier molecular flexibility index (Phi) is 9.49. The summed E-state index contributed by atoms with van der Waals surface area (Å²) >= 11 is 0. The third-order valence-corrected chi connectivity index (χ3v) is 2.65. The van der Waals surface area contributed by atoms with Crippen LogP contribution >= 0.6 is 0 Å². The van der Waals surface area contributed by atoms with E-state index in [2.05, 4.69) is 17.6 Å². The minimum Gasteiger partial charge on any atom is -0.356 e. The van der Waals surface area contributed by atoms with Crippen molar-refractivity contribution in [1.29, 1.82) is 0 Å². The first kappa shape index (κ1) is 15.9. The van der Waals surface area contributed by atoms with Crippen molar-refractivity contribution in [3.8, 4) is 0 Å². The maximum absolute atomic E-state index is 11.6. The van der Waals surface area contributed by atoms with Crippen LogP contribution < -0.4 is 10.6 Å². The molecule has 17 heavy (non-hydrogen) atoms. The molecule has 0 aliphatic heterocycles. The van der Waals surface area contributed by atoms with Gasteiger partial charge in [0.15, 0.2) is 0 Å². The highest BCUT2D eigenvalue weighted by Gasteiger charge is 2.11. The monoisotopic (exact) mass is 242 g/mol. The van der Waals surface area contributed by atoms with Crippen LogP contribution in [-0.4, -0.2) is 24.9 Å². The largest absolute Gasteiger partial charge is 0.356 e. The highest BCUT2D eigenvalue weighted by molar-refractivity contribution is 5.78. The Morgan fingerprint density at radius 2 is 1.76 bits per heavy atom. The molecule has 4 heteroatoms. The molecular weight excluding hydrogens is 216 g/mol.